The van der Waals surface area contributed by atoms with Gasteiger partial charge < -0.3 is 14.2 Å². The Bertz CT molecular complexity index is 626. The molecule has 0 N–H and O–H groups in total. The van der Waals surface area contributed by atoms with Gasteiger partial charge in [-0.25, -0.2) is 0 Å². The smallest absolute Gasteiger partial charge is 0.203 e. The molecule has 114 valence electrons. The molecule has 3 nitrogen and oxygen atoms in total. The number of hydrogen-bond acceptors (Lipinski definition) is 4. The highest BCUT2D eigenvalue weighted by Gasteiger charge is 2.23. The van der Waals surface area contributed by atoms with E-state index in [9.17, 15) is 0 Å². The molecule has 1 aromatic carbocycles. The van der Waals surface area contributed by atoms with E-state index in [0.29, 0.717) is 22.3 Å². The van der Waals surface area contributed by atoms with E-state index >= 15 is 0 Å². The van der Waals surface area contributed by atoms with Crippen LogP contribution in [0.4, 0.5) is 0 Å². The Morgan fingerprint density at radius 1 is 1.10 bits per heavy atom. The Hall–Kier alpha value is -0.430. The quantitative estimate of drug-likeness (QED) is 0.542. The van der Waals surface area contributed by atoms with Crippen LogP contribution < -0.4 is 14.2 Å². The molecule has 0 radical (unpaired) electrons. The molecule has 0 bridgehead atoms. The number of benzene rings is 1. The van der Waals surface area contributed by atoms with E-state index in [0.717, 1.165) is 14.2 Å². The predicted octanol–water partition coefficient (Wildman–Crippen LogP) is 5.67. The van der Waals surface area contributed by atoms with E-state index in [2.05, 4.69) is 31.9 Å². The standard InChI is InChI=1S/C14H13Br2ClO3S/c1-18-9-5-4-7(12(19-2)13(9)20-3)11(15)10-6-8(17)14(16)21-10/h4-6,11H,1-3H3. The molecule has 1 aromatic heterocycles. The lowest BCUT2D eigenvalue weighted by molar-refractivity contribution is 0.322. The number of methoxy groups -OCH3 is 3. The second kappa shape index (κ2) is 7.22. The van der Waals surface area contributed by atoms with Crippen LogP contribution in [0.1, 0.15) is 15.3 Å². The molecule has 0 fully saturated rings. The second-order valence-electron chi connectivity index (χ2n) is 4.06. The van der Waals surface area contributed by atoms with Crippen molar-refractivity contribution in [1.29, 1.82) is 0 Å². The SMILES string of the molecule is COc1ccc(C(Br)c2cc(Cl)c(Br)s2)c(OC)c1OC. The Morgan fingerprint density at radius 3 is 2.24 bits per heavy atom. The number of alkyl halides is 1. The summed E-state index contributed by atoms with van der Waals surface area (Å²) in [5, 5.41) is 0.693. The summed E-state index contributed by atoms with van der Waals surface area (Å²) < 4.78 is 17.1. The molecule has 0 saturated heterocycles. The zero-order valence-electron chi connectivity index (χ0n) is 11.6. The molecule has 0 aliphatic carbocycles. The number of ether oxygens (including phenoxy) is 3. The van der Waals surface area contributed by atoms with E-state index in [1.54, 1.807) is 32.7 Å². The summed E-state index contributed by atoms with van der Waals surface area (Å²) in [6.07, 6.45) is 0. The fourth-order valence-electron chi connectivity index (χ4n) is 1.97. The highest BCUT2D eigenvalue weighted by molar-refractivity contribution is 9.11. The van der Waals surface area contributed by atoms with Crippen LogP contribution in [0.25, 0.3) is 0 Å². The first-order valence-electron chi connectivity index (χ1n) is 5.91. The maximum Gasteiger partial charge on any atom is 0.203 e. The molecule has 0 aliphatic heterocycles. The van der Waals surface area contributed by atoms with Crippen LogP contribution in [-0.2, 0) is 0 Å². The van der Waals surface area contributed by atoms with Crippen molar-refractivity contribution in [3.8, 4) is 17.2 Å². The average molecular weight is 457 g/mol. The van der Waals surface area contributed by atoms with Crippen LogP contribution in [0.2, 0.25) is 5.02 Å². The maximum atomic E-state index is 6.11. The summed E-state index contributed by atoms with van der Waals surface area (Å²) in [6.45, 7) is 0. The topological polar surface area (TPSA) is 27.7 Å². The molecule has 1 heterocycles. The zero-order chi connectivity index (χ0) is 15.6. The van der Waals surface area contributed by atoms with Gasteiger partial charge in [0.1, 0.15) is 0 Å². The molecule has 2 aromatic rings. The minimum absolute atomic E-state index is 0.0546. The molecule has 7 heteroatoms. The van der Waals surface area contributed by atoms with Gasteiger partial charge in [-0.1, -0.05) is 27.5 Å². The highest BCUT2D eigenvalue weighted by Crippen LogP contribution is 2.48. The third-order valence-corrected chi connectivity index (χ3v) is 6.75. The van der Waals surface area contributed by atoms with Crippen molar-refractivity contribution >= 4 is 54.8 Å². The van der Waals surface area contributed by atoms with Gasteiger partial charge in [0.25, 0.3) is 0 Å². The molecular weight excluding hydrogens is 443 g/mol. The molecule has 0 spiro atoms. The van der Waals surface area contributed by atoms with Gasteiger partial charge in [0, 0.05) is 10.4 Å². The Labute approximate surface area is 149 Å². The van der Waals surface area contributed by atoms with Crippen LogP contribution in [0.3, 0.4) is 0 Å². The van der Waals surface area contributed by atoms with Crippen molar-refractivity contribution in [3.05, 3.63) is 37.4 Å². The first-order chi connectivity index (χ1) is 10.0. The zero-order valence-corrected chi connectivity index (χ0v) is 16.3. The summed E-state index contributed by atoms with van der Waals surface area (Å²) in [4.78, 5) is 1.01. The minimum atomic E-state index is -0.0546. The fourth-order valence-corrected chi connectivity index (χ4v) is 4.48. The number of halogens is 3. The normalized spacial score (nSPS) is 12.1. The molecule has 2 rings (SSSR count). The van der Waals surface area contributed by atoms with Gasteiger partial charge in [-0.3, -0.25) is 0 Å². The van der Waals surface area contributed by atoms with E-state index in [4.69, 9.17) is 25.8 Å². The Balaban J connectivity index is 2.52. The van der Waals surface area contributed by atoms with E-state index < -0.39 is 0 Å². The number of hydrogen-bond donors (Lipinski definition) is 0. The van der Waals surface area contributed by atoms with Crippen LogP contribution >= 0.6 is 54.8 Å². The molecule has 0 saturated carbocycles. The lowest BCUT2D eigenvalue weighted by Crippen LogP contribution is -2.00. The summed E-state index contributed by atoms with van der Waals surface area (Å²) in [7, 11) is 4.79. The second-order valence-corrected chi connectivity index (χ2v) is 7.78. The lowest BCUT2D eigenvalue weighted by Gasteiger charge is -2.18. The van der Waals surface area contributed by atoms with Crippen molar-refractivity contribution in [3.63, 3.8) is 0 Å². The van der Waals surface area contributed by atoms with Crippen LogP contribution in [-0.4, -0.2) is 21.3 Å². The summed E-state index contributed by atoms with van der Waals surface area (Å²) in [5.41, 5.74) is 0.945. The van der Waals surface area contributed by atoms with Crippen LogP contribution in [0.5, 0.6) is 17.2 Å². The fraction of sp³-hybridized carbons (Fsp3) is 0.286. The average Bonchev–Trinajstić information content (AvgIpc) is 2.84. The van der Waals surface area contributed by atoms with Gasteiger partial charge in [0.05, 0.1) is 35.0 Å². The van der Waals surface area contributed by atoms with Crippen molar-refractivity contribution in [2.24, 2.45) is 0 Å². The third kappa shape index (κ3) is 3.33. The molecule has 1 atom stereocenters. The summed E-state index contributed by atoms with van der Waals surface area (Å²) in [6, 6.07) is 5.72. The first-order valence-corrected chi connectivity index (χ1v) is 8.81. The minimum Gasteiger partial charge on any atom is -0.493 e. The monoisotopic (exact) mass is 454 g/mol. The van der Waals surface area contributed by atoms with E-state index in [-0.39, 0.29) is 4.83 Å². The Morgan fingerprint density at radius 2 is 1.76 bits per heavy atom. The molecular formula is C14H13Br2ClO3S. The van der Waals surface area contributed by atoms with Gasteiger partial charge >= 0.3 is 0 Å². The van der Waals surface area contributed by atoms with E-state index in [1.807, 2.05) is 18.2 Å². The summed E-state index contributed by atoms with van der Waals surface area (Å²) in [5.74, 6) is 1.84. The largest absolute Gasteiger partial charge is 0.493 e. The van der Waals surface area contributed by atoms with Crippen molar-refractivity contribution < 1.29 is 14.2 Å². The predicted molar refractivity (Wildman–Crippen MR) is 93.9 cm³/mol. The Kier molecular flexibility index (Phi) is 5.82. The number of thiophene rings is 1. The van der Waals surface area contributed by atoms with Gasteiger partial charge in [0.15, 0.2) is 11.5 Å². The molecule has 0 amide bonds. The van der Waals surface area contributed by atoms with Gasteiger partial charge in [-0.2, -0.15) is 0 Å². The molecule has 1 unspecified atom stereocenters. The summed E-state index contributed by atoms with van der Waals surface area (Å²) >= 11 is 14.8. The van der Waals surface area contributed by atoms with Gasteiger partial charge in [0.2, 0.25) is 5.75 Å². The maximum absolute atomic E-state index is 6.11. The van der Waals surface area contributed by atoms with Crippen molar-refractivity contribution in [2.45, 2.75) is 4.83 Å². The van der Waals surface area contributed by atoms with Gasteiger partial charge in [-0.15, -0.1) is 11.3 Å². The third-order valence-electron chi connectivity index (χ3n) is 2.92. The van der Waals surface area contributed by atoms with Crippen molar-refractivity contribution in [1.82, 2.24) is 0 Å². The van der Waals surface area contributed by atoms with E-state index in [1.165, 1.54) is 0 Å². The molecule has 0 aliphatic rings. The highest BCUT2D eigenvalue weighted by atomic mass is 79.9. The lowest BCUT2D eigenvalue weighted by atomic mass is 10.1. The molecule has 21 heavy (non-hydrogen) atoms. The van der Waals surface area contributed by atoms with Crippen LogP contribution in [0, 0.1) is 0 Å². The van der Waals surface area contributed by atoms with Crippen LogP contribution in [0.15, 0.2) is 22.0 Å². The van der Waals surface area contributed by atoms with Gasteiger partial charge in [-0.05, 0) is 34.1 Å². The first kappa shape index (κ1) is 16.9. The number of rotatable bonds is 5. The van der Waals surface area contributed by atoms with Crippen molar-refractivity contribution in [2.75, 3.05) is 21.3 Å².